The molecule has 5 heteroatoms. The lowest BCUT2D eigenvalue weighted by Gasteiger charge is -2.14. The van der Waals surface area contributed by atoms with Gasteiger partial charge in [0, 0.05) is 53.8 Å². The van der Waals surface area contributed by atoms with Crippen LogP contribution in [0.5, 0.6) is 0 Å². The van der Waals surface area contributed by atoms with Gasteiger partial charge >= 0.3 is 0 Å². The van der Waals surface area contributed by atoms with Crippen molar-refractivity contribution in [2.24, 2.45) is 0 Å². The predicted molar refractivity (Wildman–Crippen MR) is 97.3 cm³/mol. The van der Waals surface area contributed by atoms with Gasteiger partial charge < -0.3 is 14.9 Å². The lowest BCUT2D eigenvalue weighted by Crippen LogP contribution is -2.34. The third-order valence-corrected chi connectivity index (χ3v) is 4.72. The number of hydrogen-bond donors (Lipinski definition) is 2. The van der Waals surface area contributed by atoms with E-state index in [0.717, 1.165) is 39.8 Å². The van der Waals surface area contributed by atoms with E-state index < -0.39 is 0 Å². The molecule has 4 aromatic rings. The Morgan fingerprint density at radius 1 is 1.04 bits per heavy atom. The van der Waals surface area contributed by atoms with Gasteiger partial charge in [-0.25, -0.2) is 4.98 Å². The van der Waals surface area contributed by atoms with E-state index in [0.29, 0.717) is 12.2 Å². The molecule has 0 unspecified atom stereocenters. The van der Waals surface area contributed by atoms with Crippen LogP contribution >= 0.6 is 0 Å². The van der Waals surface area contributed by atoms with Crippen molar-refractivity contribution in [3.05, 3.63) is 66.7 Å². The van der Waals surface area contributed by atoms with Gasteiger partial charge in [0.1, 0.15) is 11.3 Å². The summed E-state index contributed by atoms with van der Waals surface area (Å²) in [6.07, 6.45) is 5.90. The molecule has 25 heavy (non-hydrogen) atoms. The van der Waals surface area contributed by atoms with Gasteiger partial charge in [-0.15, -0.1) is 0 Å². The van der Waals surface area contributed by atoms with Crippen LogP contribution in [-0.4, -0.2) is 27.0 Å². The van der Waals surface area contributed by atoms with Crippen molar-refractivity contribution in [1.82, 2.24) is 19.9 Å². The van der Waals surface area contributed by atoms with Crippen molar-refractivity contribution >= 4 is 16.9 Å². The Hall–Kier alpha value is -3.34. The number of nitrogens with zero attached hydrogens (tertiary/aromatic N) is 2. The van der Waals surface area contributed by atoms with Crippen LogP contribution in [0.1, 0.15) is 10.5 Å². The molecule has 1 aliphatic rings. The van der Waals surface area contributed by atoms with Crippen LogP contribution in [-0.2, 0) is 6.54 Å². The molecule has 5 nitrogen and oxygen atoms in total. The summed E-state index contributed by atoms with van der Waals surface area (Å²) in [5.74, 6) is -0.0135. The van der Waals surface area contributed by atoms with Gasteiger partial charge in [-0.2, -0.15) is 0 Å². The Bertz CT molecular complexity index is 1090. The first-order valence-electron chi connectivity index (χ1n) is 8.31. The lowest BCUT2D eigenvalue weighted by atomic mass is 10.0. The van der Waals surface area contributed by atoms with Crippen LogP contribution in [0.3, 0.4) is 0 Å². The number of pyridine rings is 1. The molecule has 122 valence electrons. The van der Waals surface area contributed by atoms with Crippen molar-refractivity contribution in [2.45, 2.75) is 6.54 Å². The van der Waals surface area contributed by atoms with E-state index in [1.807, 2.05) is 47.4 Å². The highest BCUT2D eigenvalue weighted by Crippen LogP contribution is 2.32. The Balaban J connectivity index is 1.66. The van der Waals surface area contributed by atoms with Gasteiger partial charge in [0.15, 0.2) is 0 Å². The SMILES string of the molecule is O=C1NCCn2cc(-c3c[nH]c4ncc(-c5ccccc5)cc34)cc21. The number of aromatic amines is 1. The van der Waals surface area contributed by atoms with Crippen LogP contribution in [0.4, 0.5) is 0 Å². The maximum Gasteiger partial charge on any atom is 0.267 e. The average molecular weight is 328 g/mol. The van der Waals surface area contributed by atoms with E-state index in [9.17, 15) is 4.79 Å². The second kappa shape index (κ2) is 5.34. The summed E-state index contributed by atoms with van der Waals surface area (Å²) in [6, 6.07) is 14.3. The highest BCUT2D eigenvalue weighted by Gasteiger charge is 2.19. The van der Waals surface area contributed by atoms with Gasteiger partial charge in [0.05, 0.1) is 0 Å². The molecule has 4 heterocycles. The molecule has 0 fully saturated rings. The van der Waals surface area contributed by atoms with Crippen LogP contribution in [0.25, 0.3) is 33.3 Å². The van der Waals surface area contributed by atoms with Crippen LogP contribution in [0, 0.1) is 0 Å². The topological polar surface area (TPSA) is 62.7 Å². The molecular formula is C20H16N4O. The van der Waals surface area contributed by atoms with E-state index in [2.05, 4.69) is 33.5 Å². The highest BCUT2D eigenvalue weighted by atomic mass is 16.2. The Kier molecular flexibility index (Phi) is 3.00. The minimum Gasteiger partial charge on any atom is -0.349 e. The van der Waals surface area contributed by atoms with E-state index in [4.69, 9.17) is 0 Å². The molecule has 3 aromatic heterocycles. The second-order valence-electron chi connectivity index (χ2n) is 6.25. The van der Waals surface area contributed by atoms with Gasteiger partial charge in [0.25, 0.3) is 5.91 Å². The van der Waals surface area contributed by atoms with Crippen molar-refractivity contribution in [3.63, 3.8) is 0 Å². The average Bonchev–Trinajstić information content (AvgIpc) is 3.26. The molecule has 0 aliphatic carbocycles. The number of carbonyl (C=O) groups excluding carboxylic acids is 1. The number of fused-ring (bicyclic) bond motifs is 2. The van der Waals surface area contributed by atoms with Crippen molar-refractivity contribution in [1.29, 1.82) is 0 Å². The van der Waals surface area contributed by atoms with E-state index >= 15 is 0 Å². The Labute approximate surface area is 144 Å². The third-order valence-electron chi connectivity index (χ3n) is 4.72. The van der Waals surface area contributed by atoms with Gasteiger partial charge in [-0.1, -0.05) is 30.3 Å². The molecule has 1 aromatic carbocycles. The van der Waals surface area contributed by atoms with E-state index in [-0.39, 0.29) is 5.91 Å². The first-order chi connectivity index (χ1) is 12.3. The summed E-state index contributed by atoms with van der Waals surface area (Å²) in [4.78, 5) is 19.8. The quantitative estimate of drug-likeness (QED) is 0.592. The number of hydrogen-bond acceptors (Lipinski definition) is 2. The number of nitrogens with one attached hydrogen (secondary N) is 2. The normalized spacial score (nSPS) is 13.7. The maximum atomic E-state index is 12.0. The highest BCUT2D eigenvalue weighted by molar-refractivity contribution is 5.99. The minimum atomic E-state index is -0.0135. The molecule has 0 saturated carbocycles. The first kappa shape index (κ1) is 14.0. The van der Waals surface area contributed by atoms with Gasteiger partial charge in [0.2, 0.25) is 0 Å². The summed E-state index contributed by atoms with van der Waals surface area (Å²) < 4.78 is 2.02. The third kappa shape index (κ3) is 2.24. The van der Waals surface area contributed by atoms with Crippen LogP contribution in [0.15, 0.2) is 61.1 Å². The second-order valence-corrected chi connectivity index (χ2v) is 6.25. The zero-order chi connectivity index (χ0) is 16.8. The summed E-state index contributed by atoms with van der Waals surface area (Å²) in [5.41, 5.74) is 5.88. The van der Waals surface area contributed by atoms with Gasteiger partial charge in [-0.3, -0.25) is 4.79 Å². The Morgan fingerprint density at radius 3 is 2.76 bits per heavy atom. The zero-order valence-electron chi connectivity index (χ0n) is 13.5. The van der Waals surface area contributed by atoms with Crippen LogP contribution < -0.4 is 5.32 Å². The maximum absolute atomic E-state index is 12.0. The molecule has 0 bridgehead atoms. The summed E-state index contributed by atoms with van der Waals surface area (Å²) in [6.45, 7) is 1.48. The monoisotopic (exact) mass is 328 g/mol. The van der Waals surface area contributed by atoms with Crippen molar-refractivity contribution in [3.8, 4) is 22.3 Å². The van der Waals surface area contributed by atoms with Crippen LogP contribution in [0.2, 0.25) is 0 Å². The van der Waals surface area contributed by atoms with E-state index in [1.165, 1.54) is 0 Å². The standard InChI is InChI=1S/C20H16N4O/c25-20-18-9-15(12-24(18)7-6-21-20)17-11-23-19-16(17)8-14(10-22-19)13-4-2-1-3-5-13/h1-5,8-12H,6-7H2,(H,21,25)(H,22,23). The van der Waals surface area contributed by atoms with E-state index in [1.54, 1.807) is 0 Å². The van der Waals surface area contributed by atoms with Crippen molar-refractivity contribution in [2.75, 3.05) is 6.54 Å². The molecule has 1 aliphatic heterocycles. The fourth-order valence-corrected chi connectivity index (χ4v) is 3.44. The summed E-state index contributed by atoms with van der Waals surface area (Å²) in [5, 5.41) is 3.94. The molecule has 5 rings (SSSR count). The molecule has 1 amide bonds. The minimum absolute atomic E-state index is 0.0135. The molecular weight excluding hydrogens is 312 g/mol. The molecule has 0 spiro atoms. The first-order valence-corrected chi connectivity index (χ1v) is 8.31. The zero-order valence-corrected chi connectivity index (χ0v) is 13.5. The molecule has 2 N–H and O–H groups in total. The number of amides is 1. The largest absolute Gasteiger partial charge is 0.349 e. The molecule has 0 atom stereocenters. The number of rotatable bonds is 2. The fraction of sp³-hybridized carbons (Fsp3) is 0.100. The summed E-state index contributed by atoms with van der Waals surface area (Å²) >= 11 is 0. The number of aromatic nitrogens is 3. The van der Waals surface area contributed by atoms with Crippen molar-refractivity contribution < 1.29 is 4.79 Å². The number of benzene rings is 1. The van der Waals surface area contributed by atoms with Gasteiger partial charge in [-0.05, 0) is 17.7 Å². The number of H-pyrrole nitrogens is 1. The Morgan fingerprint density at radius 2 is 1.92 bits per heavy atom. The fourth-order valence-electron chi connectivity index (χ4n) is 3.44. The molecule has 0 saturated heterocycles. The number of carbonyl (C=O) groups is 1. The lowest BCUT2D eigenvalue weighted by molar-refractivity contribution is 0.0928. The predicted octanol–water partition coefficient (Wildman–Crippen LogP) is 3.44. The summed E-state index contributed by atoms with van der Waals surface area (Å²) in [7, 11) is 0. The molecule has 0 radical (unpaired) electrons. The smallest absolute Gasteiger partial charge is 0.267 e.